The first-order valence-corrected chi connectivity index (χ1v) is 7.38. The highest BCUT2D eigenvalue weighted by Gasteiger charge is 2.11. The molecule has 1 amide bonds. The van der Waals surface area contributed by atoms with Crippen LogP contribution in [0.4, 0.5) is 5.69 Å². The van der Waals surface area contributed by atoms with Crippen molar-refractivity contribution >= 4 is 34.2 Å². The number of benzene rings is 1. The third-order valence-corrected chi connectivity index (χ3v) is 3.77. The number of carbonyl (C=O) groups is 1. The van der Waals surface area contributed by atoms with Crippen molar-refractivity contribution in [2.75, 3.05) is 5.32 Å². The first-order chi connectivity index (χ1) is 9.60. The van der Waals surface area contributed by atoms with Crippen LogP contribution >= 0.6 is 22.6 Å². The molecule has 0 saturated heterocycles. The average molecular weight is 385 g/mol. The molecule has 1 aromatic heterocycles. The fraction of sp³-hybridized carbons (Fsp3) is 0.308. The molecule has 2 aromatic rings. The number of carbonyl (C=O) groups excluding carboxylic acids is 1. The van der Waals surface area contributed by atoms with Gasteiger partial charge in [0.25, 0.3) is 0 Å². The lowest BCUT2D eigenvalue weighted by Gasteiger charge is -2.06. The lowest BCUT2D eigenvalue weighted by molar-refractivity contribution is -0.116. The second-order valence-electron chi connectivity index (χ2n) is 4.38. The zero-order valence-corrected chi connectivity index (χ0v) is 13.2. The molecule has 6 nitrogen and oxygen atoms in total. The van der Waals surface area contributed by atoms with Crippen molar-refractivity contribution in [1.82, 2.24) is 15.0 Å². The van der Waals surface area contributed by atoms with Crippen LogP contribution in [0.2, 0.25) is 0 Å². The summed E-state index contributed by atoms with van der Waals surface area (Å²) in [6.45, 7) is 2.10. The number of halogens is 1. The Morgan fingerprint density at radius 1 is 1.50 bits per heavy atom. The molecule has 0 aliphatic heterocycles. The van der Waals surface area contributed by atoms with Gasteiger partial charge in [0.2, 0.25) is 5.91 Å². The first kappa shape index (κ1) is 14.9. The summed E-state index contributed by atoms with van der Waals surface area (Å²) in [5.74, 6) is -0.143. The van der Waals surface area contributed by atoms with E-state index >= 15 is 0 Å². The van der Waals surface area contributed by atoms with Gasteiger partial charge in [0, 0.05) is 3.57 Å². The second-order valence-corrected chi connectivity index (χ2v) is 5.55. The van der Waals surface area contributed by atoms with E-state index < -0.39 is 0 Å². The number of anilines is 1. The molecule has 1 atom stereocenters. The SMILES string of the molecule is CCC(N)c1cn(CC(=O)Nc2ccccc2I)nn1. The zero-order chi connectivity index (χ0) is 14.5. The smallest absolute Gasteiger partial charge is 0.246 e. The minimum absolute atomic E-state index is 0.119. The van der Waals surface area contributed by atoms with E-state index in [9.17, 15) is 4.79 Å². The molecule has 3 N–H and O–H groups in total. The summed E-state index contributed by atoms with van der Waals surface area (Å²) in [5.41, 5.74) is 7.36. The van der Waals surface area contributed by atoms with Gasteiger partial charge in [-0.1, -0.05) is 24.3 Å². The summed E-state index contributed by atoms with van der Waals surface area (Å²) in [6, 6.07) is 7.46. The Balaban J connectivity index is 1.98. The monoisotopic (exact) mass is 385 g/mol. The van der Waals surface area contributed by atoms with Gasteiger partial charge in [-0.2, -0.15) is 0 Å². The fourth-order valence-electron chi connectivity index (χ4n) is 1.67. The largest absolute Gasteiger partial charge is 0.324 e. The van der Waals surface area contributed by atoms with E-state index in [0.717, 1.165) is 15.7 Å². The number of aromatic nitrogens is 3. The summed E-state index contributed by atoms with van der Waals surface area (Å²) >= 11 is 2.18. The maximum absolute atomic E-state index is 11.9. The van der Waals surface area contributed by atoms with Crippen LogP contribution in [0, 0.1) is 3.57 Å². The highest BCUT2D eigenvalue weighted by Crippen LogP contribution is 2.16. The van der Waals surface area contributed by atoms with Gasteiger partial charge in [-0.3, -0.25) is 4.79 Å². The Kier molecular flexibility index (Phi) is 5.07. The summed E-state index contributed by atoms with van der Waals surface area (Å²) in [4.78, 5) is 11.9. The molecule has 0 spiro atoms. The maximum Gasteiger partial charge on any atom is 0.246 e. The van der Waals surface area contributed by atoms with Gasteiger partial charge in [-0.05, 0) is 41.1 Å². The minimum Gasteiger partial charge on any atom is -0.324 e. The molecule has 0 aliphatic carbocycles. The number of amides is 1. The van der Waals surface area contributed by atoms with Crippen LogP contribution in [0.3, 0.4) is 0 Å². The fourth-order valence-corrected chi connectivity index (χ4v) is 2.19. The standard InChI is InChI=1S/C13H16IN5O/c1-2-10(15)12-7-19(18-17-12)8-13(20)16-11-6-4-3-5-9(11)14/h3-7,10H,2,8,15H2,1H3,(H,16,20). The second kappa shape index (κ2) is 6.80. The Bertz CT molecular complexity index is 598. The molecule has 1 heterocycles. The predicted molar refractivity (Wildman–Crippen MR) is 85.0 cm³/mol. The summed E-state index contributed by atoms with van der Waals surface area (Å²) in [5, 5.41) is 10.7. The molecule has 0 radical (unpaired) electrons. The minimum atomic E-state index is -0.143. The van der Waals surface area contributed by atoms with Gasteiger partial charge in [0.15, 0.2) is 0 Å². The van der Waals surface area contributed by atoms with Gasteiger partial charge in [0.05, 0.1) is 23.6 Å². The topological polar surface area (TPSA) is 85.8 Å². The van der Waals surface area contributed by atoms with Crippen molar-refractivity contribution in [3.8, 4) is 0 Å². The van der Waals surface area contributed by atoms with E-state index in [4.69, 9.17) is 5.73 Å². The van der Waals surface area contributed by atoms with Gasteiger partial charge in [-0.25, -0.2) is 4.68 Å². The highest BCUT2D eigenvalue weighted by molar-refractivity contribution is 14.1. The van der Waals surface area contributed by atoms with Crippen LogP contribution in [-0.4, -0.2) is 20.9 Å². The molecule has 0 saturated carbocycles. The third kappa shape index (κ3) is 3.76. The highest BCUT2D eigenvalue weighted by atomic mass is 127. The predicted octanol–water partition coefficient (Wildman–Crippen LogP) is 1.93. The average Bonchev–Trinajstić information content (AvgIpc) is 2.89. The van der Waals surface area contributed by atoms with Gasteiger partial charge in [0.1, 0.15) is 6.54 Å². The number of hydrogen-bond acceptors (Lipinski definition) is 4. The Morgan fingerprint density at radius 3 is 2.95 bits per heavy atom. The Hall–Kier alpha value is -1.48. The lowest BCUT2D eigenvalue weighted by atomic mass is 10.2. The van der Waals surface area contributed by atoms with Crippen molar-refractivity contribution in [2.45, 2.75) is 25.9 Å². The van der Waals surface area contributed by atoms with E-state index in [0.29, 0.717) is 5.69 Å². The van der Waals surface area contributed by atoms with Crippen LogP contribution in [0.5, 0.6) is 0 Å². The van der Waals surface area contributed by atoms with Crippen molar-refractivity contribution in [3.05, 3.63) is 39.7 Å². The van der Waals surface area contributed by atoms with Gasteiger partial charge < -0.3 is 11.1 Å². The molecule has 106 valence electrons. The summed E-state index contributed by atoms with van der Waals surface area (Å²) in [6.07, 6.45) is 2.50. The molecular formula is C13H16IN5O. The van der Waals surface area contributed by atoms with Crippen molar-refractivity contribution in [2.24, 2.45) is 5.73 Å². The first-order valence-electron chi connectivity index (χ1n) is 6.30. The van der Waals surface area contributed by atoms with E-state index in [1.165, 1.54) is 4.68 Å². The van der Waals surface area contributed by atoms with E-state index in [2.05, 4.69) is 38.2 Å². The molecule has 7 heteroatoms. The molecular weight excluding hydrogens is 369 g/mol. The zero-order valence-electron chi connectivity index (χ0n) is 11.1. The van der Waals surface area contributed by atoms with E-state index in [1.54, 1.807) is 6.20 Å². The quantitative estimate of drug-likeness (QED) is 0.771. The number of nitrogens with two attached hydrogens (primary N) is 1. The molecule has 0 aliphatic rings. The van der Waals surface area contributed by atoms with Crippen LogP contribution in [0.1, 0.15) is 25.1 Å². The number of rotatable bonds is 5. The van der Waals surface area contributed by atoms with E-state index in [1.807, 2.05) is 31.2 Å². The van der Waals surface area contributed by atoms with Crippen molar-refractivity contribution in [1.29, 1.82) is 0 Å². The summed E-state index contributed by atoms with van der Waals surface area (Å²) < 4.78 is 2.49. The third-order valence-electron chi connectivity index (χ3n) is 2.83. The van der Waals surface area contributed by atoms with Gasteiger partial charge in [-0.15, -0.1) is 5.10 Å². The lowest BCUT2D eigenvalue weighted by Crippen LogP contribution is -2.19. The summed E-state index contributed by atoms with van der Waals surface area (Å²) in [7, 11) is 0. The van der Waals surface area contributed by atoms with E-state index in [-0.39, 0.29) is 18.5 Å². The van der Waals surface area contributed by atoms with Crippen LogP contribution in [0.15, 0.2) is 30.5 Å². The molecule has 1 aromatic carbocycles. The molecule has 1 unspecified atom stereocenters. The van der Waals surface area contributed by atoms with Gasteiger partial charge >= 0.3 is 0 Å². The number of para-hydroxylation sites is 1. The molecule has 2 rings (SSSR count). The van der Waals surface area contributed by atoms with Crippen LogP contribution in [-0.2, 0) is 11.3 Å². The number of hydrogen-bond donors (Lipinski definition) is 2. The number of nitrogens with one attached hydrogen (secondary N) is 1. The molecule has 0 fully saturated rings. The van der Waals surface area contributed by atoms with Crippen molar-refractivity contribution < 1.29 is 4.79 Å². The normalized spacial score (nSPS) is 12.2. The van der Waals surface area contributed by atoms with Crippen LogP contribution in [0.25, 0.3) is 0 Å². The molecule has 0 bridgehead atoms. The van der Waals surface area contributed by atoms with Crippen molar-refractivity contribution in [3.63, 3.8) is 0 Å². The van der Waals surface area contributed by atoms with Crippen LogP contribution < -0.4 is 11.1 Å². The Labute approximate surface area is 130 Å². The number of nitrogens with zero attached hydrogens (tertiary/aromatic N) is 3. The Morgan fingerprint density at radius 2 is 2.25 bits per heavy atom. The maximum atomic E-state index is 11.9. The molecule has 20 heavy (non-hydrogen) atoms.